The van der Waals surface area contributed by atoms with Crippen molar-refractivity contribution >= 4 is 5.65 Å². The molecule has 1 aliphatic rings. The number of hydrogen-bond acceptors (Lipinski definition) is 2. The number of nitrogens with zero attached hydrogens (tertiary/aromatic N) is 3. The van der Waals surface area contributed by atoms with E-state index < -0.39 is 0 Å². The lowest BCUT2D eigenvalue weighted by Crippen LogP contribution is -2.08. The second kappa shape index (κ2) is 7.67. The summed E-state index contributed by atoms with van der Waals surface area (Å²) in [6.07, 6.45) is 5.67. The third kappa shape index (κ3) is 3.30. The minimum Gasteiger partial charge on any atom is -0.485 e. The van der Waals surface area contributed by atoms with E-state index in [1.165, 1.54) is 46.3 Å². The minimum atomic E-state index is 0.429. The molecule has 4 nitrogen and oxygen atoms in total. The van der Waals surface area contributed by atoms with Gasteiger partial charge in [-0.15, -0.1) is 5.10 Å². The maximum Gasteiger partial charge on any atom is 0.169 e. The molecule has 0 saturated carbocycles. The van der Waals surface area contributed by atoms with Crippen molar-refractivity contribution in [3.8, 4) is 16.9 Å². The van der Waals surface area contributed by atoms with E-state index in [1.54, 1.807) is 0 Å². The maximum absolute atomic E-state index is 6.33. The average Bonchev–Trinajstić information content (AvgIpc) is 3.16. The highest BCUT2D eigenvalue weighted by Crippen LogP contribution is 2.33. The monoisotopic (exact) mass is 399 g/mol. The Hall–Kier alpha value is -3.01. The van der Waals surface area contributed by atoms with Crippen LogP contribution in [-0.4, -0.2) is 14.2 Å². The van der Waals surface area contributed by atoms with Crippen molar-refractivity contribution in [3.63, 3.8) is 0 Å². The third-order valence-electron chi connectivity index (χ3n) is 6.14. The lowest BCUT2D eigenvalue weighted by atomic mass is 10.0. The molecule has 4 heteroatoms. The van der Waals surface area contributed by atoms with Gasteiger partial charge in [0.1, 0.15) is 18.0 Å². The van der Waals surface area contributed by atoms with Gasteiger partial charge in [-0.2, -0.15) is 0 Å². The van der Waals surface area contributed by atoms with E-state index in [1.807, 2.05) is 0 Å². The van der Waals surface area contributed by atoms with Gasteiger partial charge in [0.15, 0.2) is 5.82 Å². The highest BCUT2D eigenvalue weighted by atomic mass is 16.5. The molecular weight excluding hydrogens is 370 g/mol. The van der Waals surface area contributed by atoms with Gasteiger partial charge in [-0.3, -0.25) is 0 Å². The van der Waals surface area contributed by atoms with E-state index in [-0.39, 0.29) is 0 Å². The number of benzene rings is 2. The molecule has 5 rings (SSSR count). The fourth-order valence-corrected chi connectivity index (χ4v) is 4.60. The van der Waals surface area contributed by atoms with Crippen LogP contribution in [0.1, 0.15) is 55.1 Å². The molecular formula is C26H29N3O. The van der Waals surface area contributed by atoms with Crippen molar-refractivity contribution in [3.05, 3.63) is 77.2 Å². The molecule has 0 atom stereocenters. The van der Waals surface area contributed by atoms with Crippen molar-refractivity contribution in [2.24, 2.45) is 0 Å². The van der Waals surface area contributed by atoms with Crippen LogP contribution in [0, 0.1) is 6.92 Å². The standard InChI is InChI=1S/C26H29N3O/c1-18(2)21-13-12-19(3)15-24(21)30-17-25-27-29-16-23(20-9-5-4-6-10-20)22-11-7-8-14-28(25)26(22)29/h4-6,9-10,12-13,15-16,18H,7-8,11,14,17H2,1-3H3. The van der Waals surface area contributed by atoms with Crippen LogP contribution in [0.15, 0.2) is 54.7 Å². The molecule has 154 valence electrons. The first-order chi connectivity index (χ1) is 14.6. The van der Waals surface area contributed by atoms with Crippen LogP contribution < -0.4 is 4.74 Å². The van der Waals surface area contributed by atoms with Crippen LogP contribution in [0.2, 0.25) is 0 Å². The Balaban J connectivity index is 1.52. The summed E-state index contributed by atoms with van der Waals surface area (Å²) in [6.45, 7) is 8.02. The molecule has 0 spiro atoms. The second-order valence-electron chi connectivity index (χ2n) is 8.67. The SMILES string of the molecule is Cc1ccc(C(C)C)c(OCc2nn3cc(-c4ccccc4)c4c3n2CCCC4)c1. The van der Waals surface area contributed by atoms with Crippen molar-refractivity contribution in [1.82, 2.24) is 14.2 Å². The van der Waals surface area contributed by atoms with Gasteiger partial charge < -0.3 is 9.30 Å². The molecule has 2 aromatic carbocycles. The van der Waals surface area contributed by atoms with E-state index in [2.05, 4.69) is 84.6 Å². The molecule has 0 bridgehead atoms. The molecule has 0 fully saturated rings. The number of rotatable bonds is 5. The summed E-state index contributed by atoms with van der Waals surface area (Å²) in [7, 11) is 0. The van der Waals surface area contributed by atoms with Crippen LogP contribution >= 0.6 is 0 Å². The zero-order valence-corrected chi connectivity index (χ0v) is 18.1. The zero-order valence-electron chi connectivity index (χ0n) is 18.1. The summed E-state index contributed by atoms with van der Waals surface area (Å²) < 4.78 is 10.8. The number of aromatic nitrogens is 3. The smallest absolute Gasteiger partial charge is 0.169 e. The van der Waals surface area contributed by atoms with Crippen molar-refractivity contribution in [2.75, 3.05) is 0 Å². The van der Waals surface area contributed by atoms with Crippen molar-refractivity contribution < 1.29 is 4.74 Å². The molecule has 0 N–H and O–H groups in total. The fourth-order valence-electron chi connectivity index (χ4n) is 4.60. The summed E-state index contributed by atoms with van der Waals surface area (Å²) in [5.74, 6) is 2.41. The Labute approximate surface area is 178 Å². The molecule has 3 heterocycles. The van der Waals surface area contributed by atoms with Crippen LogP contribution in [0.5, 0.6) is 5.75 Å². The Morgan fingerprint density at radius 1 is 1.07 bits per heavy atom. The first-order valence-electron chi connectivity index (χ1n) is 11.0. The van der Waals surface area contributed by atoms with E-state index in [9.17, 15) is 0 Å². The first kappa shape index (κ1) is 19.0. The molecule has 2 aromatic heterocycles. The minimum absolute atomic E-state index is 0.429. The van der Waals surface area contributed by atoms with E-state index >= 15 is 0 Å². The third-order valence-corrected chi connectivity index (χ3v) is 6.14. The molecule has 0 saturated heterocycles. The van der Waals surface area contributed by atoms with E-state index in [4.69, 9.17) is 9.84 Å². The Bertz CT molecular complexity index is 1180. The number of aryl methyl sites for hydroxylation is 3. The van der Waals surface area contributed by atoms with Crippen molar-refractivity contribution in [1.29, 1.82) is 0 Å². The molecule has 30 heavy (non-hydrogen) atoms. The summed E-state index contributed by atoms with van der Waals surface area (Å²) in [4.78, 5) is 0. The quantitative estimate of drug-likeness (QED) is 0.403. The zero-order chi connectivity index (χ0) is 20.7. The summed E-state index contributed by atoms with van der Waals surface area (Å²) in [6, 6.07) is 17.2. The number of ether oxygens (including phenoxy) is 1. The van der Waals surface area contributed by atoms with Crippen LogP contribution in [0.4, 0.5) is 0 Å². The Kier molecular flexibility index (Phi) is 4.86. The van der Waals surface area contributed by atoms with E-state index in [0.717, 1.165) is 24.5 Å². The van der Waals surface area contributed by atoms with Gasteiger partial charge in [-0.1, -0.05) is 56.3 Å². The van der Waals surface area contributed by atoms with Gasteiger partial charge in [-0.05, 0) is 54.9 Å². The largest absolute Gasteiger partial charge is 0.485 e. The highest BCUT2D eigenvalue weighted by Gasteiger charge is 2.22. The summed E-state index contributed by atoms with van der Waals surface area (Å²) in [5, 5.41) is 4.94. The van der Waals surface area contributed by atoms with Gasteiger partial charge >= 0.3 is 0 Å². The predicted molar refractivity (Wildman–Crippen MR) is 121 cm³/mol. The highest BCUT2D eigenvalue weighted by molar-refractivity contribution is 5.75. The predicted octanol–water partition coefficient (Wildman–Crippen LogP) is 6.15. The lowest BCUT2D eigenvalue weighted by Gasteiger charge is -2.15. The first-order valence-corrected chi connectivity index (χ1v) is 11.0. The molecule has 4 aromatic rings. The molecule has 0 amide bonds. The maximum atomic E-state index is 6.33. The van der Waals surface area contributed by atoms with Crippen molar-refractivity contribution in [2.45, 2.75) is 59.1 Å². The Morgan fingerprint density at radius 2 is 1.90 bits per heavy atom. The van der Waals surface area contributed by atoms with Crippen LogP contribution in [0.25, 0.3) is 16.8 Å². The summed E-state index contributed by atoms with van der Waals surface area (Å²) >= 11 is 0. The normalized spacial score (nSPS) is 13.7. The molecule has 1 aliphatic heterocycles. The van der Waals surface area contributed by atoms with Crippen LogP contribution in [0.3, 0.4) is 0 Å². The Morgan fingerprint density at radius 3 is 2.70 bits per heavy atom. The molecule has 0 aliphatic carbocycles. The molecule has 0 unspecified atom stereocenters. The van der Waals surface area contributed by atoms with Crippen LogP contribution in [-0.2, 0) is 19.6 Å². The fraction of sp³-hybridized carbons (Fsp3) is 0.346. The van der Waals surface area contributed by atoms with Gasteiger partial charge in [0, 0.05) is 23.9 Å². The summed E-state index contributed by atoms with van der Waals surface area (Å²) in [5.41, 5.74) is 7.70. The molecule has 0 radical (unpaired) electrons. The van der Waals surface area contributed by atoms with Gasteiger partial charge in [0.2, 0.25) is 0 Å². The second-order valence-corrected chi connectivity index (χ2v) is 8.67. The topological polar surface area (TPSA) is 31.5 Å². The van der Waals surface area contributed by atoms with Gasteiger partial charge in [0.05, 0.1) is 0 Å². The van der Waals surface area contributed by atoms with Gasteiger partial charge in [0.25, 0.3) is 0 Å². The van der Waals surface area contributed by atoms with E-state index in [0.29, 0.717) is 12.5 Å². The van der Waals surface area contributed by atoms with Gasteiger partial charge in [-0.25, -0.2) is 4.52 Å². The average molecular weight is 400 g/mol. The number of hydrogen-bond donors (Lipinski definition) is 0. The lowest BCUT2D eigenvalue weighted by molar-refractivity contribution is 0.284.